The summed E-state index contributed by atoms with van der Waals surface area (Å²) in [6.45, 7) is 4.05. The largest absolute Gasteiger partial charge is 0.352 e. The van der Waals surface area contributed by atoms with E-state index in [1.54, 1.807) is 32.0 Å². The predicted molar refractivity (Wildman–Crippen MR) is 126 cm³/mol. The number of benzene rings is 2. The number of para-hydroxylation sites is 1. The van der Waals surface area contributed by atoms with Gasteiger partial charge in [-0.3, -0.25) is 18.4 Å². The third-order valence-corrected chi connectivity index (χ3v) is 5.94. The molecule has 0 spiro atoms. The van der Waals surface area contributed by atoms with Crippen LogP contribution in [0, 0.1) is 18.6 Å². The van der Waals surface area contributed by atoms with E-state index in [2.05, 4.69) is 15.3 Å². The molecule has 2 aromatic heterocycles. The Morgan fingerprint density at radius 1 is 1.09 bits per heavy atom. The van der Waals surface area contributed by atoms with E-state index in [9.17, 15) is 22.6 Å². The Bertz CT molecular complexity index is 1510. The molecule has 1 N–H and O–H groups in total. The molecule has 7 nitrogen and oxygen atoms in total. The van der Waals surface area contributed by atoms with Crippen LogP contribution >= 0.6 is 0 Å². The zero-order valence-electron chi connectivity index (χ0n) is 18.6. The van der Waals surface area contributed by atoms with Gasteiger partial charge in [-0.2, -0.15) is 0 Å². The Labute approximate surface area is 195 Å². The summed E-state index contributed by atoms with van der Waals surface area (Å²) in [5.74, 6) is -2.20. The highest BCUT2D eigenvalue weighted by molar-refractivity contribution is 7.84. The molecule has 1 unspecified atom stereocenters. The first-order chi connectivity index (χ1) is 16.2. The molecule has 0 aliphatic heterocycles. The van der Waals surface area contributed by atoms with Crippen LogP contribution in [-0.4, -0.2) is 37.5 Å². The first kappa shape index (κ1) is 23.4. The summed E-state index contributed by atoms with van der Waals surface area (Å²) in [6, 6.07) is 10.9. The fourth-order valence-corrected chi connectivity index (χ4v) is 4.06. The van der Waals surface area contributed by atoms with Crippen molar-refractivity contribution >= 4 is 27.7 Å². The van der Waals surface area contributed by atoms with Gasteiger partial charge in [-0.25, -0.2) is 18.7 Å². The van der Waals surface area contributed by atoms with Crippen molar-refractivity contribution in [3.05, 3.63) is 81.6 Å². The monoisotopic (exact) mass is 482 g/mol. The second-order valence-corrected chi connectivity index (χ2v) is 8.79. The number of amides is 1. The third kappa shape index (κ3) is 4.12. The van der Waals surface area contributed by atoms with Crippen LogP contribution in [0.1, 0.15) is 22.8 Å². The lowest BCUT2D eigenvalue weighted by Gasteiger charge is -2.15. The average Bonchev–Trinajstić information content (AvgIpc) is 2.80. The number of aromatic nitrogens is 3. The molecule has 4 rings (SSSR count). The summed E-state index contributed by atoms with van der Waals surface area (Å²) < 4.78 is 42.5. The summed E-state index contributed by atoms with van der Waals surface area (Å²) in [5, 5.41) is 2.90. The van der Waals surface area contributed by atoms with Gasteiger partial charge in [0.2, 0.25) is 5.16 Å². The van der Waals surface area contributed by atoms with Gasteiger partial charge in [0.1, 0.15) is 17.3 Å². The van der Waals surface area contributed by atoms with E-state index in [1.807, 2.05) is 0 Å². The predicted octanol–water partition coefficient (Wildman–Crippen LogP) is 3.52. The first-order valence-corrected chi connectivity index (χ1v) is 11.9. The number of rotatable bonds is 5. The Balaban J connectivity index is 2.12. The minimum absolute atomic E-state index is 0.102. The van der Waals surface area contributed by atoms with Gasteiger partial charge >= 0.3 is 0 Å². The van der Waals surface area contributed by atoms with Crippen LogP contribution in [0.2, 0.25) is 0 Å². The van der Waals surface area contributed by atoms with Crippen LogP contribution in [0.3, 0.4) is 0 Å². The number of hydrogen-bond acceptors (Lipinski definition) is 5. The van der Waals surface area contributed by atoms with Gasteiger partial charge in [0.05, 0.1) is 16.5 Å². The standard InChI is InChI=1S/C24H20F2N4O3S/c1-4-27-23(32)14-9-8-13(2)16(12-14)20-15-10-11-19(31)30(21-17(25)6-5-7-18(21)26)22(15)29-24(28-20)34(3)33/h5-12H,4H2,1-3H3,(H,27,32). The Morgan fingerprint density at radius 2 is 1.79 bits per heavy atom. The van der Waals surface area contributed by atoms with Crippen molar-refractivity contribution in [1.29, 1.82) is 0 Å². The van der Waals surface area contributed by atoms with Gasteiger partial charge in [0.15, 0.2) is 5.65 Å². The van der Waals surface area contributed by atoms with Crippen molar-refractivity contribution < 1.29 is 17.8 Å². The summed E-state index contributed by atoms with van der Waals surface area (Å²) in [6.07, 6.45) is 1.36. The van der Waals surface area contributed by atoms with E-state index in [0.29, 0.717) is 23.1 Å². The highest BCUT2D eigenvalue weighted by Crippen LogP contribution is 2.31. The number of halogens is 2. The summed E-state index contributed by atoms with van der Waals surface area (Å²) >= 11 is 0. The van der Waals surface area contributed by atoms with Crippen molar-refractivity contribution in [2.45, 2.75) is 19.0 Å². The Kier molecular flexibility index (Phi) is 6.34. The molecule has 0 bridgehead atoms. The van der Waals surface area contributed by atoms with Crippen LogP contribution in [0.4, 0.5) is 8.78 Å². The van der Waals surface area contributed by atoms with Crippen molar-refractivity contribution in [2.75, 3.05) is 12.8 Å². The lowest BCUT2D eigenvalue weighted by atomic mass is 9.99. The molecule has 0 saturated heterocycles. The molecule has 1 atom stereocenters. The summed E-state index contributed by atoms with van der Waals surface area (Å²) in [7, 11) is -1.68. The molecule has 2 aromatic carbocycles. The van der Waals surface area contributed by atoms with Gasteiger partial charge in [-0.1, -0.05) is 12.1 Å². The van der Waals surface area contributed by atoms with Crippen LogP contribution in [0.5, 0.6) is 0 Å². The van der Waals surface area contributed by atoms with Crippen LogP contribution in [0.15, 0.2) is 58.5 Å². The lowest BCUT2D eigenvalue weighted by Crippen LogP contribution is -2.23. The van der Waals surface area contributed by atoms with Crippen molar-refractivity contribution in [1.82, 2.24) is 19.9 Å². The molecular weight excluding hydrogens is 462 g/mol. The number of aryl methyl sites for hydroxylation is 1. The van der Waals surface area contributed by atoms with E-state index in [0.717, 1.165) is 28.3 Å². The number of nitrogens with one attached hydrogen (secondary N) is 1. The molecule has 0 saturated carbocycles. The molecule has 2 heterocycles. The zero-order chi connectivity index (χ0) is 24.6. The van der Waals surface area contributed by atoms with Crippen molar-refractivity contribution in [3.63, 3.8) is 0 Å². The number of hydrogen-bond donors (Lipinski definition) is 1. The molecule has 174 valence electrons. The van der Waals surface area contributed by atoms with Crippen LogP contribution in [0.25, 0.3) is 28.0 Å². The minimum Gasteiger partial charge on any atom is -0.352 e. The molecule has 0 radical (unpaired) electrons. The second kappa shape index (κ2) is 9.22. The maximum absolute atomic E-state index is 14.7. The molecule has 10 heteroatoms. The molecule has 1 amide bonds. The topological polar surface area (TPSA) is 94.0 Å². The fraction of sp³-hybridized carbons (Fsp3) is 0.167. The first-order valence-electron chi connectivity index (χ1n) is 10.3. The maximum atomic E-state index is 14.7. The molecule has 0 aliphatic rings. The number of nitrogens with zero attached hydrogens (tertiary/aromatic N) is 3. The van der Waals surface area contributed by atoms with Gasteiger partial charge in [-0.15, -0.1) is 0 Å². The van der Waals surface area contributed by atoms with Crippen molar-refractivity contribution in [3.8, 4) is 16.9 Å². The van der Waals surface area contributed by atoms with Crippen LogP contribution in [-0.2, 0) is 10.8 Å². The Hall–Kier alpha value is -3.79. The highest BCUT2D eigenvalue weighted by Gasteiger charge is 2.21. The van der Waals surface area contributed by atoms with Crippen LogP contribution < -0.4 is 10.9 Å². The van der Waals surface area contributed by atoms with Crippen molar-refractivity contribution in [2.24, 2.45) is 0 Å². The summed E-state index contributed by atoms with van der Waals surface area (Å²) in [5.41, 5.74) is 0.517. The number of pyridine rings is 1. The van der Waals surface area contributed by atoms with Gasteiger partial charge in [0, 0.05) is 35.4 Å². The number of carbonyl (C=O) groups excluding carboxylic acids is 1. The summed E-state index contributed by atoms with van der Waals surface area (Å²) in [4.78, 5) is 33.9. The highest BCUT2D eigenvalue weighted by atomic mass is 32.2. The molecule has 0 aliphatic carbocycles. The zero-order valence-corrected chi connectivity index (χ0v) is 19.4. The third-order valence-electron chi connectivity index (χ3n) is 5.24. The SMILES string of the molecule is CCNC(=O)c1ccc(C)c(-c2nc(S(C)=O)nc3c2ccc(=O)n3-c2c(F)cccc2F)c1. The van der Waals surface area contributed by atoms with E-state index in [1.165, 1.54) is 18.4 Å². The maximum Gasteiger partial charge on any atom is 0.256 e. The van der Waals surface area contributed by atoms with Gasteiger partial charge < -0.3 is 5.32 Å². The van der Waals surface area contributed by atoms with Gasteiger partial charge in [0.25, 0.3) is 11.5 Å². The molecular formula is C24H20F2N4O3S. The Morgan fingerprint density at radius 3 is 2.44 bits per heavy atom. The normalized spacial score (nSPS) is 12.0. The van der Waals surface area contributed by atoms with E-state index < -0.39 is 33.7 Å². The lowest BCUT2D eigenvalue weighted by molar-refractivity contribution is 0.0956. The van der Waals surface area contributed by atoms with E-state index in [4.69, 9.17) is 0 Å². The quantitative estimate of drug-likeness (QED) is 0.440. The number of fused-ring (bicyclic) bond motifs is 1. The van der Waals surface area contributed by atoms with E-state index >= 15 is 0 Å². The van der Waals surface area contributed by atoms with Gasteiger partial charge in [-0.05, 0) is 49.7 Å². The molecule has 0 fully saturated rings. The smallest absolute Gasteiger partial charge is 0.256 e. The second-order valence-electron chi connectivity index (χ2n) is 7.51. The minimum atomic E-state index is -1.68. The van der Waals surface area contributed by atoms with E-state index in [-0.39, 0.29) is 22.4 Å². The molecule has 34 heavy (non-hydrogen) atoms. The average molecular weight is 483 g/mol. The number of carbonyl (C=O) groups is 1. The fourth-order valence-electron chi connectivity index (χ4n) is 3.63. The molecule has 4 aromatic rings.